The Morgan fingerprint density at radius 2 is 1.32 bits per heavy atom. The molecular formula is C23H31NO. The van der Waals surface area contributed by atoms with Gasteiger partial charge in [0.1, 0.15) is 5.60 Å². The Balaban J connectivity index is 1.95. The number of hydrogen-bond donors (Lipinski definition) is 1. The van der Waals surface area contributed by atoms with Crippen LogP contribution in [0.1, 0.15) is 70.6 Å². The monoisotopic (exact) mass is 337 g/mol. The van der Waals surface area contributed by atoms with Gasteiger partial charge in [-0.2, -0.15) is 0 Å². The molecule has 0 unspecified atom stereocenters. The van der Waals surface area contributed by atoms with Crippen LogP contribution in [-0.2, 0) is 0 Å². The van der Waals surface area contributed by atoms with E-state index in [9.17, 15) is 5.11 Å². The summed E-state index contributed by atoms with van der Waals surface area (Å²) in [6, 6.07) is 13.0. The number of anilines is 1. The van der Waals surface area contributed by atoms with E-state index in [4.69, 9.17) is 0 Å². The Morgan fingerprint density at radius 1 is 0.800 bits per heavy atom. The third-order valence-electron chi connectivity index (χ3n) is 4.91. The summed E-state index contributed by atoms with van der Waals surface area (Å²) in [5.41, 5.74) is 0.181. The van der Waals surface area contributed by atoms with Gasteiger partial charge in [-0.15, -0.1) is 0 Å². The van der Waals surface area contributed by atoms with Crippen molar-refractivity contribution in [3.8, 4) is 23.8 Å². The van der Waals surface area contributed by atoms with Gasteiger partial charge in [-0.05, 0) is 43.7 Å². The van der Waals surface area contributed by atoms with Gasteiger partial charge in [0.15, 0.2) is 0 Å². The molecule has 1 fully saturated rings. The van der Waals surface area contributed by atoms with Crippen molar-refractivity contribution in [3.63, 3.8) is 0 Å². The highest BCUT2D eigenvalue weighted by Gasteiger charge is 2.23. The molecule has 0 heterocycles. The predicted octanol–water partition coefficient (Wildman–Crippen LogP) is 5.12. The van der Waals surface area contributed by atoms with Crippen LogP contribution in [0.25, 0.3) is 0 Å². The molecule has 0 saturated heterocycles. The first kappa shape index (κ1) is 19.4. The third kappa shape index (κ3) is 7.68. The number of benzene rings is 1. The van der Waals surface area contributed by atoms with Crippen LogP contribution in [-0.4, -0.2) is 17.8 Å². The van der Waals surface area contributed by atoms with E-state index in [2.05, 4.69) is 23.8 Å². The molecule has 2 nitrogen and oxygen atoms in total. The quantitative estimate of drug-likeness (QED) is 0.568. The molecule has 1 aliphatic carbocycles. The van der Waals surface area contributed by atoms with Gasteiger partial charge in [0.25, 0.3) is 0 Å². The van der Waals surface area contributed by atoms with E-state index in [1.807, 2.05) is 42.3 Å². The van der Waals surface area contributed by atoms with Crippen molar-refractivity contribution in [2.24, 2.45) is 0 Å². The second-order valence-electron chi connectivity index (χ2n) is 7.09. The number of para-hydroxylation sites is 1. The zero-order valence-electron chi connectivity index (χ0n) is 15.6. The highest BCUT2D eigenvalue weighted by Crippen LogP contribution is 2.24. The minimum Gasteiger partial charge on any atom is -0.378 e. The van der Waals surface area contributed by atoms with E-state index < -0.39 is 5.60 Å². The number of hydrogen-bond acceptors (Lipinski definition) is 2. The molecule has 134 valence electrons. The van der Waals surface area contributed by atoms with Gasteiger partial charge in [-0.3, -0.25) is 0 Å². The molecule has 1 aromatic rings. The van der Waals surface area contributed by atoms with E-state index in [0.29, 0.717) is 0 Å². The van der Waals surface area contributed by atoms with Crippen molar-refractivity contribution in [2.75, 3.05) is 11.9 Å². The molecule has 1 aliphatic rings. The van der Waals surface area contributed by atoms with Crippen LogP contribution in [0.15, 0.2) is 30.3 Å². The van der Waals surface area contributed by atoms with E-state index in [1.54, 1.807) is 0 Å². The van der Waals surface area contributed by atoms with Crippen molar-refractivity contribution in [3.05, 3.63) is 30.3 Å². The first-order valence-corrected chi connectivity index (χ1v) is 9.74. The molecule has 25 heavy (non-hydrogen) atoms. The van der Waals surface area contributed by atoms with Crippen LogP contribution in [0, 0.1) is 23.8 Å². The van der Waals surface area contributed by atoms with Gasteiger partial charge in [-0.1, -0.05) is 69.1 Å². The van der Waals surface area contributed by atoms with Gasteiger partial charge in [-0.25, -0.2) is 0 Å². The van der Waals surface area contributed by atoms with Crippen molar-refractivity contribution >= 4 is 5.69 Å². The summed E-state index contributed by atoms with van der Waals surface area (Å²) in [5, 5.41) is 10.9. The van der Waals surface area contributed by atoms with Gasteiger partial charge in [0.05, 0.1) is 0 Å². The zero-order valence-corrected chi connectivity index (χ0v) is 15.6. The molecule has 0 bridgehead atoms. The standard InChI is InChI=1S/C23H31NO/c1-24(22-16-10-9-11-17-22)21-15-14-20-23(25)18-12-7-5-3-2-4-6-8-13-19-23/h9-11,16-17,25H,2-8,12-13,18-19H2,1H3. The molecule has 2 heteroatoms. The molecule has 1 aromatic carbocycles. The van der Waals surface area contributed by atoms with Gasteiger partial charge < -0.3 is 10.0 Å². The minimum atomic E-state index is -0.862. The summed E-state index contributed by atoms with van der Waals surface area (Å²) in [5.74, 6) is 8.87. The predicted molar refractivity (Wildman–Crippen MR) is 106 cm³/mol. The Kier molecular flexibility index (Phi) is 8.44. The molecule has 1 N–H and O–H groups in total. The van der Waals surface area contributed by atoms with Gasteiger partial charge >= 0.3 is 0 Å². The lowest BCUT2D eigenvalue weighted by Gasteiger charge is -2.22. The lowest BCUT2D eigenvalue weighted by atomic mass is 9.89. The molecule has 2 rings (SSSR count). The van der Waals surface area contributed by atoms with Crippen LogP contribution in [0.5, 0.6) is 0 Å². The maximum Gasteiger partial charge on any atom is 0.126 e. The normalized spacial score (nSPS) is 18.3. The average Bonchev–Trinajstić information content (AvgIpc) is 2.62. The molecule has 0 atom stereocenters. The van der Waals surface area contributed by atoms with Crippen molar-refractivity contribution in [2.45, 2.75) is 76.2 Å². The lowest BCUT2D eigenvalue weighted by Crippen LogP contribution is -2.26. The van der Waals surface area contributed by atoms with Crippen molar-refractivity contribution < 1.29 is 5.11 Å². The van der Waals surface area contributed by atoms with Gasteiger partial charge in [0.2, 0.25) is 0 Å². The first-order chi connectivity index (χ1) is 12.2. The Hall–Kier alpha value is -1.90. The molecule has 0 radical (unpaired) electrons. The second-order valence-corrected chi connectivity index (χ2v) is 7.09. The largest absolute Gasteiger partial charge is 0.378 e. The zero-order chi connectivity index (χ0) is 17.8. The lowest BCUT2D eigenvalue weighted by molar-refractivity contribution is 0.0759. The van der Waals surface area contributed by atoms with E-state index in [0.717, 1.165) is 31.4 Å². The van der Waals surface area contributed by atoms with Gasteiger partial charge in [0, 0.05) is 24.7 Å². The van der Waals surface area contributed by atoms with Crippen LogP contribution < -0.4 is 4.90 Å². The Labute approximate surface area is 153 Å². The summed E-state index contributed by atoms with van der Waals surface area (Å²) in [4.78, 5) is 1.86. The molecule has 1 saturated carbocycles. The highest BCUT2D eigenvalue weighted by molar-refractivity contribution is 5.51. The van der Waals surface area contributed by atoms with Crippen LogP contribution in [0.2, 0.25) is 0 Å². The summed E-state index contributed by atoms with van der Waals surface area (Å²) >= 11 is 0. The summed E-state index contributed by atoms with van der Waals surface area (Å²) in [6.07, 6.45) is 12.7. The fraction of sp³-hybridized carbons (Fsp3) is 0.565. The Bertz CT molecular complexity index is 602. The smallest absolute Gasteiger partial charge is 0.126 e. The summed E-state index contributed by atoms with van der Waals surface area (Å²) in [7, 11) is 1.93. The molecule has 0 spiro atoms. The van der Waals surface area contributed by atoms with Crippen LogP contribution in [0.3, 0.4) is 0 Å². The number of aliphatic hydroxyl groups is 1. The number of nitrogens with zero attached hydrogens (tertiary/aromatic N) is 1. The fourth-order valence-electron chi connectivity index (χ4n) is 3.30. The van der Waals surface area contributed by atoms with Crippen molar-refractivity contribution in [1.29, 1.82) is 0 Å². The van der Waals surface area contributed by atoms with E-state index in [-0.39, 0.29) is 0 Å². The summed E-state index contributed by atoms with van der Waals surface area (Å²) < 4.78 is 0. The van der Waals surface area contributed by atoms with E-state index >= 15 is 0 Å². The third-order valence-corrected chi connectivity index (χ3v) is 4.91. The maximum atomic E-state index is 10.9. The number of rotatable bonds is 1. The topological polar surface area (TPSA) is 23.5 Å². The van der Waals surface area contributed by atoms with E-state index in [1.165, 1.54) is 44.9 Å². The molecular weight excluding hydrogens is 306 g/mol. The SMILES string of the molecule is CN(C#CC#CC1(O)CCCCCCCCCCC1)c1ccccc1. The fourth-order valence-corrected chi connectivity index (χ4v) is 3.30. The minimum absolute atomic E-state index is 0.774. The highest BCUT2D eigenvalue weighted by atomic mass is 16.3. The average molecular weight is 338 g/mol. The van der Waals surface area contributed by atoms with Crippen molar-refractivity contribution in [1.82, 2.24) is 0 Å². The molecule has 0 aliphatic heterocycles. The first-order valence-electron chi connectivity index (χ1n) is 9.74. The second kappa shape index (κ2) is 10.9. The maximum absolute atomic E-state index is 10.9. The summed E-state index contributed by atoms with van der Waals surface area (Å²) in [6.45, 7) is 0. The molecule has 0 amide bonds. The molecule has 0 aromatic heterocycles. The van der Waals surface area contributed by atoms with Crippen LogP contribution in [0.4, 0.5) is 5.69 Å². The van der Waals surface area contributed by atoms with Crippen LogP contribution >= 0.6 is 0 Å². The Morgan fingerprint density at radius 3 is 1.88 bits per heavy atom.